The Kier molecular flexibility index (Phi) is 5.36. The number of nitrogens with zero attached hydrogens (tertiary/aromatic N) is 1. The van der Waals surface area contributed by atoms with Gasteiger partial charge in [0.15, 0.2) is 5.96 Å². The van der Waals surface area contributed by atoms with Gasteiger partial charge in [-0.25, -0.2) is 0 Å². The number of aliphatic imine (C=N–C) groups is 1. The maximum atomic E-state index is 5.71. The maximum Gasteiger partial charge on any atom is 0.193 e. The van der Waals surface area contributed by atoms with E-state index in [4.69, 9.17) is 10.5 Å². The quantitative estimate of drug-likeness (QED) is 0.453. The van der Waals surface area contributed by atoms with Crippen molar-refractivity contribution in [2.75, 3.05) is 18.5 Å². The van der Waals surface area contributed by atoms with Gasteiger partial charge in [0.05, 0.1) is 19.3 Å². The summed E-state index contributed by atoms with van der Waals surface area (Å²) in [6, 6.07) is 9.71. The van der Waals surface area contributed by atoms with Crippen molar-refractivity contribution in [3.63, 3.8) is 0 Å². The third kappa shape index (κ3) is 5.36. The minimum atomic E-state index is 0.235. The van der Waals surface area contributed by atoms with Gasteiger partial charge < -0.3 is 15.8 Å². The third-order valence-corrected chi connectivity index (χ3v) is 1.87. The van der Waals surface area contributed by atoms with E-state index in [1.54, 1.807) is 0 Å². The van der Waals surface area contributed by atoms with Gasteiger partial charge in [-0.2, -0.15) is 0 Å². The SMILES string of the molecule is CC(C)OCCN=C(N)Nc1ccccc1. The summed E-state index contributed by atoms with van der Waals surface area (Å²) in [5.74, 6) is 0.415. The van der Waals surface area contributed by atoms with Crippen LogP contribution in [0.1, 0.15) is 13.8 Å². The van der Waals surface area contributed by atoms with Crippen molar-refractivity contribution >= 4 is 11.6 Å². The van der Waals surface area contributed by atoms with E-state index in [2.05, 4.69) is 10.3 Å². The largest absolute Gasteiger partial charge is 0.377 e. The first-order valence-electron chi connectivity index (χ1n) is 5.42. The van der Waals surface area contributed by atoms with E-state index < -0.39 is 0 Å². The Labute approximate surface area is 96.5 Å². The first-order chi connectivity index (χ1) is 7.68. The van der Waals surface area contributed by atoms with Crippen molar-refractivity contribution in [3.05, 3.63) is 30.3 Å². The number of ether oxygens (including phenoxy) is 1. The van der Waals surface area contributed by atoms with Crippen LogP contribution in [0.3, 0.4) is 0 Å². The molecule has 0 spiro atoms. The van der Waals surface area contributed by atoms with E-state index >= 15 is 0 Å². The van der Waals surface area contributed by atoms with Gasteiger partial charge in [-0.1, -0.05) is 18.2 Å². The minimum absolute atomic E-state index is 0.235. The molecule has 0 bridgehead atoms. The van der Waals surface area contributed by atoms with Gasteiger partial charge >= 0.3 is 0 Å². The molecule has 0 radical (unpaired) electrons. The summed E-state index contributed by atoms with van der Waals surface area (Å²) >= 11 is 0. The predicted octanol–water partition coefficient (Wildman–Crippen LogP) is 1.84. The number of hydrogen-bond donors (Lipinski definition) is 2. The molecule has 0 aliphatic carbocycles. The maximum absolute atomic E-state index is 5.71. The lowest BCUT2D eigenvalue weighted by Crippen LogP contribution is -2.23. The molecule has 0 heterocycles. The average Bonchev–Trinajstić information content (AvgIpc) is 2.25. The Morgan fingerprint density at radius 1 is 1.38 bits per heavy atom. The topological polar surface area (TPSA) is 59.6 Å². The van der Waals surface area contributed by atoms with Crippen LogP contribution in [-0.4, -0.2) is 25.2 Å². The zero-order valence-corrected chi connectivity index (χ0v) is 9.81. The van der Waals surface area contributed by atoms with Crippen LogP contribution in [0.15, 0.2) is 35.3 Å². The molecule has 1 aromatic rings. The summed E-state index contributed by atoms with van der Waals surface area (Å²) in [7, 11) is 0. The Bertz CT molecular complexity index is 322. The Hall–Kier alpha value is -1.55. The molecule has 0 unspecified atom stereocenters. The highest BCUT2D eigenvalue weighted by molar-refractivity contribution is 5.92. The summed E-state index contributed by atoms with van der Waals surface area (Å²) in [4.78, 5) is 4.15. The van der Waals surface area contributed by atoms with Crippen LogP contribution < -0.4 is 11.1 Å². The van der Waals surface area contributed by atoms with Crippen LogP contribution in [0.4, 0.5) is 5.69 Å². The third-order valence-electron chi connectivity index (χ3n) is 1.87. The van der Waals surface area contributed by atoms with E-state index in [0.29, 0.717) is 19.1 Å². The normalized spacial score (nSPS) is 11.8. The Balaban J connectivity index is 2.29. The molecule has 4 nitrogen and oxygen atoms in total. The van der Waals surface area contributed by atoms with Gasteiger partial charge in [0.2, 0.25) is 0 Å². The van der Waals surface area contributed by atoms with Gasteiger partial charge in [-0.05, 0) is 26.0 Å². The molecule has 88 valence electrons. The zero-order chi connectivity index (χ0) is 11.8. The number of anilines is 1. The standard InChI is InChI=1S/C12H19N3O/c1-10(2)16-9-8-14-12(13)15-11-6-4-3-5-7-11/h3-7,10H,8-9H2,1-2H3,(H3,13,14,15). The molecule has 4 heteroatoms. The lowest BCUT2D eigenvalue weighted by molar-refractivity contribution is 0.0853. The lowest BCUT2D eigenvalue weighted by Gasteiger charge is -2.07. The molecular formula is C12H19N3O. The highest BCUT2D eigenvalue weighted by atomic mass is 16.5. The van der Waals surface area contributed by atoms with E-state index in [1.165, 1.54) is 0 Å². The van der Waals surface area contributed by atoms with Crippen molar-refractivity contribution in [2.45, 2.75) is 20.0 Å². The molecule has 16 heavy (non-hydrogen) atoms. The van der Waals surface area contributed by atoms with Gasteiger partial charge in [0.1, 0.15) is 0 Å². The summed E-state index contributed by atoms with van der Waals surface area (Å²) in [6.45, 7) is 5.16. The van der Waals surface area contributed by atoms with Gasteiger partial charge in [0.25, 0.3) is 0 Å². The predicted molar refractivity (Wildman–Crippen MR) is 67.6 cm³/mol. The number of benzene rings is 1. The van der Waals surface area contributed by atoms with Crippen LogP contribution in [0, 0.1) is 0 Å². The van der Waals surface area contributed by atoms with Crippen LogP contribution in [0.2, 0.25) is 0 Å². The fraction of sp³-hybridized carbons (Fsp3) is 0.417. The molecule has 0 saturated carbocycles. The second-order valence-electron chi connectivity index (χ2n) is 3.68. The van der Waals surface area contributed by atoms with Crippen molar-refractivity contribution in [3.8, 4) is 0 Å². The van der Waals surface area contributed by atoms with E-state index in [-0.39, 0.29) is 6.10 Å². The molecule has 0 aliphatic heterocycles. The Morgan fingerprint density at radius 3 is 2.69 bits per heavy atom. The second-order valence-corrected chi connectivity index (χ2v) is 3.68. The van der Waals surface area contributed by atoms with Gasteiger partial charge in [-0.15, -0.1) is 0 Å². The fourth-order valence-electron chi connectivity index (χ4n) is 1.16. The molecule has 0 fully saturated rings. The van der Waals surface area contributed by atoms with Crippen molar-refractivity contribution in [1.82, 2.24) is 0 Å². The zero-order valence-electron chi connectivity index (χ0n) is 9.81. The molecule has 1 aromatic carbocycles. The fourth-order valence-corrected chi connectivity index (χ4v) is 1.16. The number of hydrogen-bond acceptors (Lipinski definition) is 2. The van der Waals surface area contributed by atoms with Crippen LogP contribution in [0.5, 0.6) is 0 Å². The minimum Gasteiger partial charge on any atom is -0.377 e. The van der Waals surface area contributed by atoms with Crippen LogP contribution in [-0.2, 0) is 4.74 Å². The van der Waals surface area contributed by atoms with E-state index in [0.717, 1.165) is 5.69 Å². The lowest BCUT2D eigenvalue weighted by atomic mass is 10.3. The first-order valence-corrected chi connectivity index (χ1v) is 5.42. The molecule has 0 aliphatic rings. The van der Waals surface area contributed by atoms with Gasteiger partial charge in [-0.3, -0.25) is 4.99 Å². The van der Waals surface area contributed by atoms with Crippen molar-refractivity contribution in [2.24, 2.45) is 10.7 Å². The summed E-state index contributed by atoms with van der Waals surface area (Å²) in [5, 5.41) is 3.00. The monoisotopic (exact) mass is 221 g/mol. The molecular weight excluding hydrogens is 202 g/mol. The van der Waals surface area contributed by atoms with E-state index in [1.807, 2.05) is 44.2 Å². The molecule has 3 N–H and O–H groups in total. The molecule has 0 amide bonds. The Morgan fingerprint density at radius 2 is 2.06 bits per heavy atom. The number of nitrogens with one attached hydrogen (secondary N) is 1. The smallest absolute Gasteiger partial charge is 0.193 e. The summed E-state index contributed by atoms with van der Waals surface area (Å²) < 4.78 is 5.35. The number of rotatable bonds is 5. The number of nitrogens with two attached hydrogens (primary N) is 1. The highest BCUT2D eigenvalue weighted by Crippen LogP contribution is 2.03. The molecule has 0 aromatic heterocycles. The average molecular weight is 221 g/mol. The summed E-state index contributed by atoms with van der Waals surface area (Å²) in [6.07, 6.45) is 0.235. The van der Waals surface area contributed by atoms with Gasteiger partial charge in [0, 0.05) is 5.69 Å². The first kappa shape index (κ1) is 12.5. The highest BCUT2D eigenvalue weighted by Gasteiger charge is 1.94. The van der Waals surface area contributed by atoms with Crippen LogP contribution in [0.25, 0.3) is 0 Å². The van der Waals surface area contributed by atoms with Crippen molar-refractivity contribution < 1.29 is 4.74 Å². The van der Waals surface area contributed by atoms with E-state index in [9.17, 15) is 0 Å². The summed E-state index contributed by atoms with van der Waals surface area (Å²) in [5.41, 5.74) is 6.64. The molecule has 0 atom stereocenters. The van der Waals surface area contributed by atoms with Crippen molar-refractivity contribution in [1.29, 1.82) is 0 Å². The second kappa shape index (κ2) is 6.85. The number of para-hydroxylation sites is 1. The van der Waals surface area contributed by atoms with Crippen LogP contribution >= 0.6 is 0 Å². The number of guanidine groups is 1. The molecule has 0 saturated heterocycles. The molecule has 1 rings (SSSR count).